The summed E-state index contributed by atoms with van der Waals surface area (Å²) >= 11 is 0. The molecule has 18 heavy (non-hydrogen) atoms. The molecule has 1 radical (unpaired) electrons. The molecule has 0 aromatic carbocycles. The van der Waals surface area contributed by atoms with Gasteiger partial charge < -0.3 is 4.79 Å². The van der Waals surface area contributed by atoms with Gasteiger partial charge in [-0.3, -0.25) is 4.79 Å². The van der Waals surface area contributed by atoms with E-state index in [1.165, 1.54) is 32.1 Å². The highest BCUT2D eigenvalue weighted by molar-refractivity contribution is 5.77. The van der Waals surface area contributed by atoms with E-state index in [2.05, 4.69) is 20.8 Å². The first-order valence-corrected chi connectivity index (χ1v) is 7.43. The molecule has 0 aromatic heterocycles. The summed E-state index contributed by atoms with van der Waals surface area (Å²) in [6.07, 6.45) is 11.7. The second-order valence-corrected chi connectivity index (χ2v) is 5.93. The molecule has 0 saturated carbocycles. The van der Waals surface area contributed by atoms with Crippen LogP contribution in [0, 0.1) is 17.8 Å². The minimum absolute atomic E-state index is 0.492. The molecule has 0 spiro atoms. The molecule has 0 aromatic rings. The molecule has 0 aliphatic rings. The maximum absolute atomic E-state index is 10.4. The zero-order valence-electron chi connectivity index (χ0n) is 12.3. The van der Waals surface area contributed by atoms with E-state index >= 15 is 0 Å². The number of rotatable bonds is 12. The molecule has 0 fully saturated rings. The third-order valence-corrected chi connectivity index (χ3v) is 3.51. The van der Waals surface area contributed by atoms with E-state index < -0.39 is 5.92 Å². The lowest BCUT2D eigenvalue weighted by Gasteiger charge is -2.12. The van der Waals surface area contributed by atoms with Crippen molar-refractivity contribution in [2.75, 3.05) is 0 Å². The Kier molecular flexibility index (Phi) is 11.0. The molecule has 0 saturated heterocycles. The second kappa shape index (κ2) is 11.4. The number of carbonyl (C=O) groups excluding carboxylic acids is 2. The van der Waals surface area contributed by atoms with Crippen molar-refractivity contribution < 1.29 is 9.59 Å². The summed E-state index contributed by atoms with van der Waals surface area (Å²) in [5, 5.41) is 0. The van der Waals surface area contributed by atoms with Gasteiger partial charge in [-0.05, 0) is 18.3 Å². The molecule has 0 N–H and O–H groups in total. The third kappa shape index (κ3) is 10.5. The van der Waals surface area contributed by atoms with Crippen LogP contribution in [-0.4, -0.2) is 12.6 Å². The van der Waals surface area contributed by atoms with Gasteiger partial charge >= 0.3 is 0 Å². The maximum atomic E-state index is 10.4. The Morgan fingerprint density at radius 1 is 0.889 bits per heavy atom. The van der Waals surface area contributed by atoms with Crippen molar-refractivity contribution in [3.8, 4) is 0 Å². The van der Waals surface area contributed by atoms with Crippen molar-refractivity contribution in [2.24, 2.45) is 17.8 Å². The molecule has 105 valence electrons. The molecular formula is C16H29O2. The second-order valence-electron chi connectivity index (χ2n) is 5.93. The molecule has 0 aliphatic heterocycles. The zero-order valence-corrected chi connectivity index (χ0v) is 12.3. The van der Waals surface area contributed by atoms with Gasteiger partial charge in [0.1, 0.15) is 6.29 Å². The van der Waals surface area contributed by atoms with Crippen molar-refractivity contribution in [3.05, 3.63) is 0 Å². The van der Waals surface area contributed by atoms with Crippen molar-refractivity contribution >= 4 is 12.6 Å². The van der Waals surface area contributed by atoms with Gasteiger partial charge in [-0.25, -0.2) is 0 Å². The first-order valence-electron chi connectivity index (χ1n) is 7.43. The Morgan fingerprint density at radius 3 is 2.06 bits per heavy atom. The zero-order chi connectivity index (χ0) is 13.8. The first kappa shape index (κ1) is 17.3. The van der Waals surface area contributed by atoms with Gasteiger partial charge in [0.2, 0.25) is 6.29 Å². The van der Waals surface area contributed by atoms with E-state index in [0.717, 1.165) is 24.7 Å². The van der Waals surface area contributed by atoms with Crippen molar-refractivity contribution in [1.82, 2.24) is 0 Å². The average molecular weight is 253 g/mol. The van der Waals surface area contributed by atoms with Crippen LogP contribution in [0.25, 0.3) is 0 Å². The molecule has 0 rings (SSSR count). The number of hydrogen-bond donors (Lipinski definition) is 0. The van der Waals surface area contributed by atoms with Gasteiger partial charge in [0.25, 0.3) is 0 Å². The van der Waals surface area contributed by atoms with E-state index in [1.54, 1.807) is 6.29 Å². The predicted molar refractivity (Wildman–Crippen MR) is 76.2 cm³/mol. The van der Waals surface area contributed by atoms with Crippen molar-refractivity contribution in [2.45, 2.75) is 72.1 Å². The largest absolute Gasteiger partial charge is 0.303 e. The molecule has 0 aliphatic carbocycles. The van der Waals surface area contributed by atoms with Crippen LogP contribution in [0.5, 0.6) is 0 Å². The Morgan fingerprint density at radius 2 is 1.50 bits per heavy atom. The summed E-state index contributed by atoms with van der Waals surface area (Å²) in [6.45, 7) is 6.88. The first-order chi connectivity index (χ1) is 8.60. The highest BCUT2D eigenvalue weighted by Crippen LogP contribution is 2.18. The van der Waals surface area contributed by atoms with Crippen molar-refractivity contribution in [3.63, 3.8) is 0 Å². The highest BCUT2D eigenvalue weighted by atomic mass is 16.1. The Bertz CT molecular complexity index is 203. The molecule has 0 bridgehead atoms. The lowest BCUT2D eigenvalue weighted by Crippen LogP contribution is -2.03. The SMILES string of the molecule is CC(C)CCCC(C)CCCCCC([C]=O)C=O. The normalized spacial score (nSPS) is 12.9. The monoisotopic (exact) mass is 253 g/mol. The van der Waals surface area contributed by atoms with E-state index in [0.29, 0.717) is 12.7 Å². The fourth-order valence-electron chi connectivity index (χ4n) is 2.21. The van der Waals surface area contributed by atoms with Crippen LogP contribution >= 0.6 is 0 Å². The van der Waals surface area contributed by atoms with E-state index in [-0.39, 0.29) is 0 Å². The maximum Gasteiger partial charge on any atom is 0.209 e. The summed E-state index contributed by atoms with van der Waals surface area (Å²) in [4.78, 5) is 20.7. The van der Waals surface area contributed by atoms with Gasteiger partial charge in [-0.2, -0.15) is 0 Å². The molecular weight excluding hydrogens is 224 g/mol. The minimum Gasteiger partial charge on any atom is -0.303 e. The number of aldehydes is 1. The van der Waals surface area contributed by atoms with Crippen LogP contribution < -0.4 is 0 Å². The molecule has 0 amide bonds. The average Bonchev–Trinajstić information content (AvgIpc) is 2.33. The number of hydrogen-bond acceptors (Lipinski definition) is 2. The Labute approximate surface area is 113 Å². The van der Waals surface area contributed by atoms with Gasteiger partial charge in [-0.1, -0.05) is 65.7 Å². The molecule has 2 atom stereocenters. The van der Waals surface area contributed by atoms with E-state index in [9.17, 15) is 9.59 Å². The minimum atomic E-state index is -0.492. The Balaban J connectivity index is 3.37. The molecule has 0 heterocycles. The summed E-state index contributed by atoms with van der Waals surface area (Å²) in [7, 11) is 0. The van der Waals surface area contributed by atoms with Crippen LogP contribution in [0.15, 0.2) is 0 Å². The standard InChI is InChI=1S/C16H29O2/c1-14(2)8-7-10-15(3)9-5-4-6-11-16(12-17)13-18/h12,14-16H,4-11H2,1-3H3. The highest BCUT2D eigenvalue weighted by Gasteiger charge is 2.06. The lowest BCUT2D eigenvalue weighted by atomic mass is 9.94. The molecule has 2 heteroatoms. The van der Waals surface area contributed by atoms with Crippen molar-refractivity contribution in [1.29, 1.82) is 0 Å². The van der Waals surface area contributed by atoms with Crippen LogP contribution in [0.3, 0.4) is 0 Å². The third-order valence-electron chi connectivity index (χ3n) is 3.51. The van der Waals surface area contributed by atoms with Crippen LogP contribution in [-0.2, 0) is 9.59 Å². The smallest absolute Gasteiger partial charge is 0.209 e. The van der Waals surface area contributed by atoms with Crippen LogP contribution in [0.2, 0.25) is 0 Å². The number of carbonyl (C=O) groups is 1. The summed E-state index contributed by atoms with van der Waals surface area (Å²) in [5.74, 6) is 1.13. The van der Waals surface area contributed by atoms with Crippen LogP contribution in [0.4, 0.5) is 0 Å². The van der Waals surface area contributed by atoms with E-state index in [4.69, 9.17) is 0 Å². The van der Waals surface area contributed by atoms with Gasteiger partial charge in [0, 0.05) is 0 Å². The topological polar surface area (TPSA) is 34.1 Å². The Hall–Kier alpha value is -0.660. The summed E-state index contributed by atoms with van der Waals surface area (Å²) in [5.41, 5.74) is 0. The fourth-order valence-corrected chi connectivity index (χ4v) is 2.21. The van der Waals surface area contributed by atoms with E-state index in [1.807, 2.05) is 0 Å². The lowest BCUT2D eigenvalue weighted by molar-refractivity contribution is -0.109. The van der Waals surface area contributed by atoms with Crippen LogP contribution in [0.1, 0.15) is 72.1 Å². The molecule has 2 unspecified atom stereocenters. The van der Waals surface area contributed by atoms with Gasteiger partial charge in [-0.15, -0.1) is 0 Å². The quantitative estimate of drug-likeness (QED) is 0.295. The molecule has 2 nitrogen and oxygen atoms in total. The summed E-state index contributed by atoms with van der Waals surface area (Å²) < 4.78 is 0. The van der Waals surface area contributed by atoms with Gasteiger partial charge in [0.05, 0.1) is 5.92 Å². The summed E-state index contributed by atoms with van der Waals surface area (Å²) in [6, 6.07) is 0. The number of unbranched alkanes of at least 4 members (excludes halogenated alkanes) is 2. The predicted octanol–water partition coefficient (Wildman–Crippen LogP) is 4.32. The van der Waals surface area contributed by atoms with Gasteiger partial charge in [0.15, 0.2) is 0 Å². The fraction of sp³-hybridized carbons (Fsp3) is 0.875.